The number of nitrogens with zero attached hydrogens (tertiary/aromatic N) is 2. The number of amides is 3. The van der Waals surface area contributed by atoms with Crippen LogP contribution in [0.5, 0.6) is 0 Å². The summed E-state index contributed by atoms with van der Waals surface area (Å²) >= 11 is 0. The summed E-state index contributed by atoms with van der Waals surface area (Å²) in [6.45, 7) is 4.24. The van der Waals surface area contributed by atoms with Gasteiger partial charge < -0.3 is 25.0 Å². The Morgan fingerprint density at radius 2 is 1.86 bits per heavy atom. The van der Waals surface area contributed by atoms with Gasteiger partial charge in [-0.25, -0.2) is 4.79 Å². The average Bonchev–Trinajstić information content (AvgIpc) is 2.72. The number of likely N-dealkylation sites (tertiary alicyclic amines) is 1. The van der Waals surface area contributed by atoms with E-state index in [1.54, 1.807) is 18.9 Å². The van der Waals surface area contributed by atoms with E-state index < -0.39 is 0 Å². The van der Waals surface area contributed by atoms with Gasteiger partial charge in [0.1, 0.15) is 0 Å². The van der Waals surface area contributed by atoms with E-state index in [-0.39, 0.29) is 23.9 Å². The minimum atomic E-state index is -0.319. The highest BCUT2D eigenvalue weighted by molar-refractivity contribution is 5.99. The molecule has 2 heterocycles. The SMILES string of the molecule is CCOC(=O)N1CCC(NC(=O)c2cncc(C(=O)NCCCOC)c2)CC1. The van der Waals surface area contributed by atoms with Gasteiger partial charge >= 0.3 is 6.09 Å². The van der Waals surface area contributed by atoms with Gasteiger partial charge in [0.25, 0.3) is 11.8 Å². The van der Waals surface area contributed by atoms with Gasteiger partial charge in [0.2, 0.25) is 0 Å². The summed E-state index contributed by atoms with van der Waals surface area (Å²) in [4.78, 5) is 42.0. The van der Waals surface area contributed by atoms with Crippen LogP contribution in [0.4, 0.5) is 4.79 Å². The third-order valence-electron chi connectivity index (χ3n) is 4.43. The van der Waals surface area contributed by atoms with E-state index in [1.807, 2.05) is 0 Å². The molecule has 0 atom stereocenters. The first-order valence-corrected chi connectivity index (χ1v) is 9.50. The Hall–Kier alpha value is -2.68. The van der Waals surface area contributed by atoms with Crippen molar-refractivity contribution in [2.24, 2.45) is 0 Å². The first-order valence-electron chi connectivity index (χ1n) is 9.50. The van der Waals surface area contributed by atoms with Crippen LogP contribution in [-0.2, 0) is 9.47 Å². The minimum Gasteiger partial charge on any atom is -0.450 e. The third-order valence-corrected chi connectivity index (χ3v) is 4.43. The molecule has 0 bridgehead atoms. The molecule has 1 aromatic rings. The van der Waals surface area contributed by atoms with Crippen LogP contribution in [0.25, 0.3) is 0 Å². The molecule has 1 aromatic heterocycles. The summed E-state index contributed by atoms with van der Waals surface area (Å²) in [5.74, 6) is -0.558. The second-order valence-electron chi connectivity index (χ2n) is 6.50. The molecule has 28 heavy (non-hydrogen) atoms. The van der Waals surface area contributed by atoms with Crippen molar-refractivity contribution >= 4 is 17.9 Å². The molecule has 1 saturated heterocycles. The van der Waals surface area contributed by atoms with Crippen molar-refractivity contribution in [3.05, 3.63) is 29.6 Å². The van der Waals surface area contributed by atoms with Crippen molar-refractivity contribution in [2.75, 3.05) is 40.0 Å². The number of hydrogen-bond donors (Lipinski definition) is 2. The van der Waals surface area contributed by atoms with Gasteiger partial charge in [-0.1, -0.05) is 0 Å². The number of carbonyl (C=O) groups is 3. The standard InChI is InChI=1S/C19H28N4O5/c1-3-28-19(26)23-8-5-16(6-9-23)22-18(25)15-11-14(12-20-13-15)17(24)21-7-4-10-27-2/h11-13,16H,3-10H2,1-2H3,(H,21,24)(H,22,25). The molecular weight excluding hydrogens is 364 g/mol. The maximum Gasteiger partial charge on any atom is 0.409 e. The maximum atomic E-state index is 12.5. The number of ether oxygens (including phenoxy) is 2. The third kappa shape index (κ3) is 6.49. The molecule has 9 heteroatoms. The quantitative estimate of drug-likeness (QED) is 0.643. The molecule has 0 unspecified atom stereocenters. The normalized spacial score (nSPS) is 14.4. The fourth-order valence-electron chi connectivity index (χ4n) is 2.90. The maximum absolute atomic E-state index is 12.5. The van der Waals surface area contributed by atoms with Crippen LogP contribution in [0.2, 0.25) is 0 Å². The van der Waals surface area contributed by atoms with Crippen LogP contribution in [0.15, 0.2) is 18.5 Å². The van der Waals surface area contributed by atoms with Gasteiger partial charge in [-0.05, 0) is 32.3 Å². The minimum absolute atomic E-state index is 0.0373. The summed E-state index contributed by atoms with van der Waals surface area (Å²) in [6, 6.07) is 1.49. The van der Waals surface area contributed by atoms with Crippen molar-refractivity contribution in [3.63, 3.8) is 0 Å². The number of pyridine rings is 1. The number of rotatable bonds is 8. The predicted molar refractivity (Wildman–Crippen MR) is 102 cm³/mol. The molecular formula is C19H28N4O5. The van der Waals surface area contributed by atoms with E-state index in [2.05, 4.69) is 15.6 Å². The summed E-state index contributed by atoms with van der Waals surface area (Å²) in [5, 5.41) is 5.71. The number of piperidine rings is 1. The Morgan fingerprint density at radius 1 is 1.18 bits per heavy atom. The Bertz CT molecular complexity index is 674. The van der Waals surface area contributed by atoms with Gasteiger partial charge in [-0.3, -0.25) is 14.6 Å². The van der Waals surface area contributed by atoms with E-state index in [9.17, 15) is 14.4 Å². The predicted octanol–water partition coefficient (Wildman–Crippen LogP) is 1.20. The van der Waals surface area contributed by atoms with Crippen LogP contribution in [0.1, 0.15) is 46.9 Å². The number of hydrogen-bond acceptors (Lipinski definition) is 6. The molecule has 0 saturated carbocycles. The van der Waals surface area contributed by atoms with Gasteiger partial charge in [0.05, 0.1) is 17.7 Å². The van der Waals surface area contributed by atoms with E-state index in [0.717, 1.165) is 0 Å². The highest BCUT2D eigenvalue weighted by Crippen LogP contribution is 2.13. The summed E-state index contributed by atoms with van der Waals surface area (Å²) in [6.07, 6.45) is 4.56. The molecule has 0 spiro atoms. The Morgan fingerprint density at radius 3 is 2.50 bits per heavy atom. The zero-order valence-electron chi connectivity index (χ0n) is 16.4. The monoisotopic (exact) mass is 392 g/mol. The van der Waals surface area contributed by atoms with Crippen LogP contribution in [0, 0.1) is 0 Å². The van der Waals surface area contributed by atoms with Crippen LogP contribution < -0.4 is 10.6 Å². The fraction of sp³-hybridized carbons (Fsp3) is 0.579. The smallest absolute Gasteiger partial charge is 0.409 e. The number of aromatic nitrogens is 1. The zero-order valence-corrected chi connectivity index (χ0v) is 16.4. The molecule has 2 N–H and O–H groups in total. The van der Waals surface area contributed by atoms with E-state index in [0.29, 0.717) is 63.2 Å². The molecule has 154 valence electrons. The lowest BCUT2D eigenvalue weighted by molar-refractivity contribution is 0.0859. The van der Waals surface area contributed by atoms with Gasteiger partial charge in [0.15, 0.2) is 0 Å². The fourth-order valence-corrected chi connectivity index (χ4v) is 2.90. The second-order valence-corrected chi connectivity index (χ2v) is 6.50. The Kier molecular flexibility index (Phi) is 8.67. The van der Waals surface area contributed by atoms with Gasteiger partial charge in [0, 0.05) is 51.8 Å². The van der Waals surface area contributed by atoms with Crippen LogP contribution in [-0.4, -0.2) is 73.8 Å². The largest absolute Gasteiger partial charge is 0.450 e. The molecule has 0 aliphatic carbocycles. The molecule has 3 amide bonds. The van der Waals surface area contributed by atoms with Crippen molar-refractivity contribution in [1.29, 1.82) is 0 Å². The lowest BCUT2D eigenvalue weighted by Gasteiger charge is -2.31. The number of carbonyl (C=O) groups excluding carboxylic acids is 3. The van der Waals surface area contributed by atoms with Crippen LogP contribution >= 0.6 is 0 Å². The zero-order chi connectivity index (χ0) is 20.4. The van der Waals surface area contributed by atoms with E-state index in [4.69, 9.17) is 9.47 Å². The summed E-state index contributed by atoms with van der Waals surface area (Å²) in [7, 11) is 1.61. The first kappa shape index (κ1) is 21.6. The molecule has 1 aliphatic heterocycles. The molecule has 0 radical (unpaired) electrons. The van der Waals surface area contributed by atoms with E-state index >= 15 is 0 Å². The lowest BCUT2D eigenvalue weighted by atomic mass is 10.0. The second kappa shape index (κ2) is 11.2. The average molecular weight is 392 g/mol. The van der Waals surface area contributed by atoms with Gasteiger partial charge in [-0.15, -0.1) is 0 Å². The summed E-state index contributed by atoms with van der Waals surface area (Å²) in [5.41, 5.74) is 0.666. The topological polar surface area (TPSA) is 110 Å². The van der Waals surface area contributed by atoms with Crippen molar-refractivity contribution in [2.45, 2.75) is 32.2 Å². The van der Waals surface area contributed by atoms with Crippen molar-refractivity contribution < 1.29 is 23.9 Å². The summed E-state index contributed by atoms with van der Waals surface area (Å²) < 4.78 is 9.93. The van der Waals surface area contributed by atoms with E-state index in [1.165, 1.54) is 18.5 Å². The molecule has 9 nitrogen and oxygen atoms in total. The highest BCUT2D eigenvalue weighted by Gasteiger charge is 2.25. The molecule has 1 aliphatic rings. The highest BCUT2D eigenvalue weighted by atomic mass is 16.6. The van der Waals surface area contributed by atoms with Crippen LogP contribution in [0.3, 0.4) is 0 Å². The first-order chi connectivity index (χ1) is 13.5. The Labute approximate surface area is 164 Å². The Balaban J connectivity index is 1.84. The number of methoxy groups -OCH3 is 1. The lowest BCUT2D eigenvalue weighted by Crippen LogP contribution is -2.46. The molecule has 2 rings (SSSR count). The molecule has 1 fully saturated rings. The molecule has 0 aromatic carbocycles. The van der Waals surface area contributed by atoms with Gasteiger partial charge in [-0.2, -0.15) is 0 Å². The van der Waals surface area contributed by atoms with Crippen molar-refractivity contribution in [3.8, 4) is 0 Å². The number of nitrogens with one attached hydrogen (secondary N) is 2. The van der Waals surface area contributed by atoms with Crippen molar-refractivity contribution in [1.82, 2.24) is 20.5 Å².